The molecule has 1 amide bonds. The number of amides is 1. The number of thiophene rings is 1. The van der Waals surface area contributed by atoms with Crippen LogP contribution in [0.4, 0.5) is 0 Å². The third-order valence-electron chi connectivity index (χ3n) is 7.15. The maximum atomic E-state index is 11.5. The van der Waals surface area contributed by atoms with Crippen molar-refractivity contribution in [2.75, 3.05) is 19.7 Å². The summed E-state index contributed by atoms with van der Waals surface area (Å²) in [5, 5.41) is 1.22. The fraction of sp³-hybridized carbons (Fsp3) is 0.609. The Morgan fingerprint density at radius 1 is 1.25 bits per heavy atom. The molecule has 5 rings (SSSR count). The molecule has 1 saturated carbocycles. The molecule has 3 fully saturated rings. The van der Waals surface area contributed by atoms with E-state index in [1.807, 2.05) is 17.4 Å². The molecule has 0 bridgehead atoms. The normalized spacial score (nSPS) is 31.1. The van der Waals surface area contributed by atoms with Gasteiger partial charge in [-0.05, 0) is 81.1 Å². The van der Waals surface area contributed by atoms with Gasteiger partial charge in [-0.2, -0.15) is 0 Å². The van der Waals surface area contributed by atoms with E-state index in [1.165, 1.54) is 73.0 Å². The zero-order valence-corrected chi connectivity index (χ0v) is 17.3. The minimum Gasteiger partial charge on any atom is -0.375 e. The SMILES string of the molecule is NC(=O)Cc1cccc2sc(C3CCC4(CCCO4)CC3N3CCCC3)cc12. The first-order valence-electron chi connectivity index (χ1n) is 10.8. The number of likely N-dealkylation sites (tertiary alicyclic amines) is 1. The van der Waals surface area contributed by atoms with Crippen LogP contribution in [0.5, 0.6) is 0 Å². The van der Waals surface area contributed by atoms with Crippen LogP contribution >= 0.6 is 11.3 Å². The molecule has 2 N–H and O–H groups in total. The largest absolute Gasteiger partial charge is 0.375 e. The number of nitrogens with two attached hydrogens (primary N) is 1. The van der Waals surface area contributed by atoms with Crippen molar-refractivity contribution in [3.8, 4) is 0 Å². The van der Waals surface area contributed by atoms with Crippen molar-refractivity contribution in [2.24, 2.45) is 5.73 Å². The number of benzene rings is 1. The molecule has 3 heterocycles. The Hall–Kier alpha value is -1.43. The highest BCUT2D eigenvalue weighted by molar-refractivity contribution is 7.19. The maximum absolute atomic E-state index is 11.5. The lowest BCUT2D eigenvalue weighted by atomic mass is 9.73. The Morgan fingerprint density at radius 2 is 2.11 bits per heavy atom. The van der Waals surface area contributed by atoms with Crippen LogP contribution in [0.1, 0.15) is 61.3 Å². The van der Waals surface area contributed by atoms with Crippen LogP contribution in [0.3, 0.4) is 0 Å². The van der Waals surface area contributed by atoms with Gasteiger partial charge in [-0.3, -0.25) is 9.69 Å². The molecule has 28 heavy (non-hydrogen) atoms. The van der Waals surface area contributed by atoms with E-state index in [0.717, 1.165) is 12.2 Å². The molecule has 3 unspecified atom stereocenters. The smallest absolute Gasteiger partial charge is 0.221 e. The number of ether oxygens (including phenoxy) is 1. The van der Waals surface area contributed by atoms with E-state index in [9.17, 15) is 4.79 Å². The molecule has 150 valence electrons. The molecule has 1 spiro atoms. The molecule has 3 aliphatic rings. The van der Waals surface area contributed by atoms with Gasteiger partial charge in [0.25, 0.3) is 0 Å². The van der Waals surface area contributed by atoms with Crippen molar-refractivity contribution in [1.82, 2.24) is 4.90 Å². The fourth-order valence-corrected chi connectivity index (χ4v) is 7.11. The molecule has 0 radical (unpaired) electrons. The molecule has 1 aliphatic carbocycles. The molecular formula is C23H30N2O2S. The summed E-state index contributed by atoms with van der Waals surface area (Å²) in [6, 6.07) is 9.23. The van der Waals surface area contributed by atoms with Crippen LogP contribution in [-0.4, -0.2) is 42.1 Å². The lowest BCUT2D eigenvalue weighted by Crippen LogP contribution is -2.48. The summed E-state index contributed by atoms with van der Waals surface area (Å²) in [5.74, 6) is 0.319. The lowest BCUT2D eigenvalue weighted by Gasteiger charge is -2.45. The molecule has 2 aliphatic heterocycles. The number of carbonyl (C=O) groups excluding carboxylic acids is 1. The predicted molar refractivity (Wildman–Crippen MR) is 114 cm³/mol. The van der Waals surface area contributed by atoms with E-state index in [1.54, 1.807) is 0 Å². The van der Waals surface area contributed by atoms with Crippen LogP contribution in [-0.2, 0) is 16.0 Å². The van der Waals surface area contributed by atoms with Gasteiger partial charge >= 0.3 is 0 Å². The predicted octanol–water partition coefficient (Wildman–Crippen LogP) is 4.21. The number of hydrogen-bond acceptors (Lipinski definition) is 4. The Labute approximate surface area is 171 Å². The highest BCUT2D eigenvalue weighted by Gasteiger charge is 2.46. The average Bonchev–Trinajstić information content (AvgIpc) is 3.42. The van der Waals surface area contributed by atoms with Crippen molar-refractivity contribution < 1.29 is 9.53 Å². The number of carbonyl (C=O) groups is 1. The molecular weight excluding hydrogens is 368 g/mol. The summed E-state index contributed by atoms with van der Waals surface area (Å²) < 4.78 is 7.59. The molecule has 5 heteroatoms. The van der Waals surface area contributed by atoms with Crippen molar-refractivity contribution in [2.45, 2.75) is 68.9 Å². The van der Waals surface area contributed by atoms with Crippen molar-refractivity contribution in [3.05, 3.63) is 34.7 Å². The van der Waals surface area contributed by atoms with Crippen molar-refractivity contribution in [1.29, 1.82) is 0 Å². The summed E-state index contributed by atoms with van der Waals surface area (Å²) in [7, 11) is 0. The van der Waals surface area contributed by atoms with Gasteiger partial charge in [0.2, 0.25) is 5.91 Å². The van der Waals surface area contributed by atoms with Gasteiger partial charge in [-0.1, -0.05) is 12.1 Å². The second kappa shape index (κ2) is 7.43. The van der Waals surface area contributed by atoms with Crippen LogP contribution in [0.2, 0.25) is 0 Å². The third kappa shape index (κ3) is 3.38. The van der Waals surface area contributed by atoms with E-state index in [0.29, 0.717) is 18.4 Å². The van der Waals surface area contributed by atoms with Gasteiger partial charge in [-0.25, -0.2) is 0 Å². The van der Waals surface area contributed by atoms with Crippen LogP contribution in [0, 0.1) is 0 Å². The summed E-state index contributed by atoms with van der Waals surface area (Å²) in [6.07, 6.45) is 9.00. The molecule has 2 aromatic rings. The first-order valence-corrected chi connectivity index (χ1v) is 11.6. The summed E-state index contributed by atoms with van der Waals surface area (Å²) in [4.78, 5) is 15.7. The van der Waals surface area contributed by atoms with E-state index in [2.05, 4.69) is 23.1 Å². The fourth-order valence-electron chi connectivity index (χ4n) is 5.80. The van der Waals surface area contributed by atoms with Gasteiger partial charge in [0.1, 0.15) is 0 Å². The van der Waals surface area contributed by atoms with E-state index in [4.69, 9.17) is 10.5 Å². The first kappa shape index (κ1) is 18.6. The molecule has 4 nitrogen and oxygen atoms in total. The summed E-state index contributed by atoms with van der Waals surface area (Å²) in [6.45, 7) is 3.40. The second-order valence-corrected chi connectivity index (χ2v) is 10.0. The molecule has 1 aromatic carbocycles. The number of hydrogen-bond donors (Lipinski definition) is 1. The van der Waals surface area contributed by atoms with Gasteiger partial charge in [0.05, 0.1) is 12.0 Å². The highest BCUT2D eigenvalue weighted by atomic mass is 32.1. The minimum atomic E-state index is -0.256. The third-order valence-corrected chi connectivity index (χ3v) is 8.38. The summed E-state index contributed by atoms with van der Waals surface area (Å²) >= 11 is 1.92. The van der Waals surface area contributed by atoms with Crippen molar-refractivity contribution in [3.63, 3.8) is 0 Å². The standard InChI is InChI=1S/C23H30N2O2S/c24-22(26)13-16-5-3-6-20-18(16)14-21(28-20)17-7-9-23(8-4-12-27-23)15-19(17)25-10-1-2-11-25/h3,5-6,14,17,19H,1-2,4,7-13,15H2,(H2,24,26). The van der Waals surface area contributed by atoms with Crippen molar-refractivity contribution >= 4 is 27.3 Å². The van der Waals surface area contributed by atoms with E-state index in [-0.39, 0.29) is 11.5 Å². The molecule has 1 aromatic heterocycles. The maximum Gasteiger partial charge on any atom is 0.221 e. The highest BCUT2D eigenvalue weighted by Crippen LogP contribution is 2.49. The van der Waals surface area contributed by atoms with Crippen LogP contribution in [0.25, 0.3) is 10.1 Å². The molecule has 3 atom stereocenters. The topological polar surface area (TPSA) is 55.6 Å². The zero-order valence-electron chi connectivity index (χ0n) is 16.5. The van der Waals surface area contributed by atoms with E-state index >= 15 is 0 Å². The first-order chi connectivity index (χ1) is 13.6. The Balaban J connectivity index is 1.48. The monoisotopic (exact) mass is 398 g/mol. The Morgan fingerprint density at radius 3 is 2.86 bits per heavy atom. The average molecular weight is 399 g/mol. The minimum absolute atomic E-state index is 0.136. The second-order valence-electron chi connectivity index (χ2n) is 8.92. The summed E-state index contributed by atoms with van der Waals surface area (Å²) in [5.41, 5.74) is 6.68. The van der Waals surface area contributed by atoms with Gasteiger partial charge in [0.15, 0.2) is 0 Å². The number of fused-ring (bicyclic) bond motifs is 1. The number of rotatable bonds is 4. The lowest BCUT2D eigenvalue weighted by molar-refractivity contribution is -0.117. The Bertz CT molecular complexity index is 865. The van der Waals surface area contributed by atoms with Crippen LogP contribution < -0.4 is 5.73 Å². The molecule has 2 saturated heterocycles. The number of nitrogens with zero attached hydrogens (tertiary/aromatic N) is 1. The van der Waals surface area contributed by atoms with Gasteiger partial charge < -0.3 is 10.5 Å². The van der Waals surface area contributed by atoms with Crippen LogP contribution in [0.15, 0.2) is 24.3 Å². The number of primary amides is 1. The van der Waals surface area contributed by atoms with Gasteiger partial charge in [-0.15, -0.1) is 11.3 Å². The zero-order chi connectivity index (χ0) is 19.1. The quantitative estimate of drug-likeness (QED) is 0.839. The van der Waals surface area contributed by atoms with Gasteiger partial charge in [0, 0.05) is 28.1 Å². The Kier molecular flexibility index (Phi) is 4.93. The van der Waals surface area contributed by atoms with E-state index < -0.39 is 0 Å².